The molecule has 1 aromatic carbocycles. The van der Waals surface area contributed by atoms with Crippen LogP contribution in [0.15, 0.2) is 30.3 Å². The van der Waals surface area contributed by atoms with Crippen molar-refractivity contribution < 1.29 is 0 Å². The van der Waals surface area contributed by atoms with E-state index in [1.807, 2.05) is 32.0 Å². The van der Waals surface area contributed by atoms with Crippen molar-refractivity contribution in [2.24, 2.45) is 0 Å². The highest BCUT2D eigenvalue weighted by atomic mass is 15.1. The molecule has 4 heteroatoms. The SMILES string of the molecule is CCNc1nc(C)cc(Nc2ccc(C)cc2)n1. The van der Waals surface area contributed by atoms with Crippen LogP contribution >= 0.6 is 0 Å². The van der Waals surface area contributed by atoms with Crippen molar-refractivity contribution >= 4 is 17.5 Å². The Morgan fingerprint density at radius 2 is 1.78 bits per heavy atom. The summed E-state index contributed by atoms with van der Waals surface area (Å²) < 4.78 is 0. The van der Waals surface area contributed by atoms with Crippen LogP contribution in [0.4, 0.5) is 17.5 Å². The van der Waals surface area contributed by atoms with Gasteiger partial charge in [-0.2, -0.15) is 4.98 Å². The van der Waals surface area contributed by atoms with E-state index in [0.717, 1.165) is 23.7 Å². The lowest BCUT2D eigenvalue weighted by atomic mass is 10.2. The topological polar surface area (TPSA) is 49.8 Å². The van der Waals surface area contributed by atoms with E-state index in [1.165, 1.54) is 5.56 Å². The zero-order valence-electron chi connectivity index (χ0n) is 11.0. The number of nitrogens with zero attached hydrogens (tertiary/aromatic N) is 2. The van der Waals surface area contributed by atoms with Crippen molar-refractivity contribution in [3.05, 3.63) is 41.6 Å². The first-order valence-corrected chi connectivity index (χ1v) is 6.10. The minimum Gasteiger partial charge on any atom is -0.354 e. The molecular formula is C14H18N4. The average molecular weight is 242 g/mol. The molecule has 4 nitrogen and oxygen atoms in total. The number of anilines is 3. The molecule has 0 saturated carbocycles. The van der Waals surface area contributed by atoms with E-state index in [1.54, 1.807) is 0 Å². The first kappa shape index (κ1) is 12.4. The Hall–Kier alpha value is -2.10. The number of aryl methyl sites for hydroxylation is 2. The maximum absolute atomic E-state index is 4.41. The zero-order chi connectivity index (χ0) is 13.0. The standard InChI is InChI=1S/C14H18N4/c1-4-15-14-16-11(3)9-13(18-14)17-12-7-5-10(2)6-8-12/h5-9H,4H2,1-3H3,(H2,15,16,17,18). The minimum atomic E-state index is 0.659. The van der Waals surface area contributed by atoms with E-state index in [0.29, 0.717) is 5.95 Å². The number of nitrogens with one attached hydrogen (secondary N) is 2. The molecule has 1 aromatic heterocycles. The Bertz CT molecular complexity index is 520. The summed E-state index contributed by atoms with van der Waals surface area (Å²) in [5, 5.41) is 6.40. The van der Waals surface area contributed by atoms with Gasteiger partial charge in [0.1, 0.15) is 5.82 Å². The molecule has 2 aromatic rings. The third kappa shape index (κ3) is 3.20. The highest BCUT2D eigenvalue weighted by Crippen LogP contribution is 2.17. The van der Waals surface area contributed by atoms with Crippen LogP contribution < -0.4 is 10.6 Å². The number of benzene rings is 1. The summed E-state index contributed by atoms with van der Waals surface area (Å²) >= 11 is 0. The minimum absolute atomic E-state index is 0.659. The summed E-state index contributed by atoms with van der Waals surface area (Å²) in [5.74, 6) is 1.47. The van der Waals surface area contributed by atoms with Crippen molar-refractivity contribution in [3.63, 3.8) is 0 Å². The number of aromatic nitrogens is 2. The van der Waals surface area contributed by atoms with E-state index in [4.69, 9.17) is 0 Å². The van der Waals surface area contributed by atoms with E-state index < -0.39 is 0 Å². The van der Waals surface area contributed by atoms with Gasteiger partial charge in [0, 0.05) is 24.0 Å². The van der Waals surface area contributed by atoms with E-state index >= 15 is 0 Å². The fourth-order valence-electron chi connectivity index (χ4n) is 1.65. The largest absolute Gasteiger partial charge is 0.354 e. The van der Waals surface area contributed by atoms with Gasteiger partial charge in [0.25, 0.3) is 0 Å². The van der Waals surface area contributed by atoms with Crippen LogP contribution in [0.1, 0.15) is 18.2 Å². The number of rotatable bonds is 4. The Morgan fingerprint density at radius 3 is 2.44 bits per heavy atom. The molecule has 0 aliphatic heterocycles. The molecule has 0 aliphatic rings. The van der Waals surface area contributed by atoms with E-state index in [-0.39, 0.29) is 0 Å². The van der Waals surface area contributed by atoms with Crippen molar-refractivity contribution in [2.75, 3.05) is 17.2 Å². The van der Waals surface area contributed by atoms with Gasteiger partial charge < -0.3 is 10.6 Å². The molecule has 0 radical (unpaired) electrons. The van der Waals surface area contributed by atoms with Crippen molar-refractivity contribution in [2.45, 2.75) is 20.8 Å². The summed E-state index contributed by atoms with van der Waals surface area (Å²) in [4.78, 5) is 8.72. The van der Waals surface area contributed by atoms with Gasteiger partial charge in [0.2, 0.25) is 5.95 Å². The van der Waals surface area contributed by atoms with Gasteiger partial charge in [-0.05, 0) is 32.9 Å². The maximum Gasteiger partial charge on any atom is 0.224 e. The quantitative estimate of drug-likeness (QED) is 0.864. The zero-order valence-corrected chi connectivity index (χ0v) is 11.0. The molecule has 0 fully saturated rings. The molecule has 94 valence electrons. The fraction of sp³-hybridized carbons (Fsp3) is 0.286. The second-order valence-electron chi connectivity index (χ2n) is 4.24. The molecular weight excluding hydrogens is 224 g/mol. The molecule has 0 spiro atoms. The second-order valence-corrected chi connectivity index (χ2v) is 4.24. The highest BCUT2D eigenvalue weighted by Gasteiger charge is 2.01. The van der Waals surface area contributed by atoms with Crippen LogP contribution in [0.25, 0.3) is 0 Å². The molecule has 18 heavy (non-hydrogen) atoms. The third-order valence-corrected chi connectivity index (χ3v) is 2.51. The highest BCUT2D eigenvalue weighted by molar-refractivity contribution is 5.57. The second kappa shape index (κ2) is 5.49. The normalized spacial score (nSPS) is 10.2. The molecule has 0 saturated heterocycles. The molecule has 2 rings (SSSR count). The number of hydrogen-bond donors (Lipinski definition) is 2. The van der Waals surface area contributed by atoms with E-state index in [9.17, 15) is 0 Å². The van der Waals surface area contributed by atoms with Gasteiger partial charge in [0.05, 0.1) is 0 Å². The van der Waals surface area contributed by atoms with Gasteiger partial charge in [-0.1, -0.05) is 17.7 Å². The van der Waals surface area contributed by atoms with Crippen LogP contribution in [0.3, 0.4) is 0 Å². The predicted molar refractivity (Wildman–Crippen MR) is 75.4 cm³/mol. The monoisotopic (exact) mass is 242 g/mol. The summed E-state index contributed by atoms with van der Waals surface area (Å²) in [6.45, 7) is 6.87. The number of hydrogen-bond acceptors (Lipinski definition) is 4. The molecule has 0 unspecified atom stereocenters. The summed E-state index contributed by atoms with van der Waals surface area (Å²) in [5.41, 5.74) is 3.21. The lowest BCUT2D eigenvalue weighted by Crippen LogP contribution is -2.05. The molecule has 0 aliphatic carbocycles. The van der Waals surface area contributed by atoms with Crippen LogP contribution in [0, 0.1) is 13.8 Å². The lowest BCUT2D eigenvalue weighted by molar-refractivity contribution is 1.05. The van der Waals surface area contributed by atoms with Crippen molar-refractivity contribution in [1.82, 2.24) is 9.97 Å². The van der Waals surface area contributed by atoms with Crippen molar-refractivity contribution in [1.29, 1.82) is 0 Å². The van der Waals surface area contributed by atoms with Gasteiger partial charge in [-0.25, -0.2) is 4.98 Å². The Kier molecular flexibility index (Phi) is 3.77. The molecule has 0 amide bonds. The van der Waals surface area contributed by atoms with Gasteiger partial charge in [-0.3, -0.25) is 0 Å². The van der Waals surface area contributed by atoms with Crippen LogP contribution in [-0.4, -0.2) is 16.5 Å². The molecule has 2 N–H and O–H groups in total. The first-order chi connectivity index (χ1) is 8.67. The van der Waals surface area contributed by atoms with Gasteiger partial charge in [-0.15, -0.1) is 0 Å². The summed E-state index contributed by atoms with van der Waals surface area (Å²) in [6.07, 6.45) is 0. The van der Waals surface area contributed by atoms with E-state index in [2.05, 4.69) is 39.7 Å². The summed E-state index contributed by atoms with van der Waals surface area (Å²) in [7, 11) is 0. The van der Waals surface area contributed by atoms with Gasteiger partial charge >= 0.3 is 0 Å². The lowest BCUT2D eigenvalue weighted by Gasteiger charge is -2.09. The first-order valence-electron chi connectivity index (χ1n) is 6.10. The van der Waals surface area contributed by atoms with Crippen molar-refractivity contribution in [3.8, 4) is 0 Å². The molecule has 0 bridgehead atoms. The summed E-state index contributed by atoms with van der Waals surface area (Å²) in [6, 6.07) is 10.2. The third-order valence-electron chi connectivity index (χ3n) is 2.51. The Morgan fingerprint density at radius 1 is 1.06 bits per heavy atom. The maximum atomic E-state index is 4.41. The van der Waals surface area contributed by atoms with Crippen LogP contribution in [-0.2, 0) is 0 Å². The van der Waals surface area contributed by atoms with Gasteiger partial charge in [0.15, 0.2) is 0 Å². The Labute approximate surface area is 107 Å². The fourth-order valence-corrected chi connectivity index (χ4v) is 1.65. The molecule has 0 atom stereocenters. The predicted octanol–water partition coefficient (Wildman–Crippen LogP) is 3.27. The smallest absolute Gasteiger partial charge is 0.224 e. The molecule has 1 heterocycles. The van der Waals surface area contributed by atoms with Crippen LogP contribution in [0.2, 0.25) is 0 Å². The average Bonchev–Trinajstić information content (AvgIpc) is 2.32. The Balaban J connectivity index is 2.20. The van der Waals surface area contributed by atoms with Crippen LogP contribution in [0.5, 0.6) is 0 Å².